The lowest BCUT2D eigenvalue weighted by atomic mass is 10.1. The minimum atomic E-state index is 0. The maximum Gasteiger partial charge on any atom is 0.0231 e. The first-order valence-electron chi connectivity index (χ1n) is 6.80. The summed E-state index contributed by atoms with van der Waals surface area (Å²) in [5.41, 5.74) is 8.15. The topological polar surface area (TPSA) is 32.5 Å². The maximum atomic E-state index is 5.59. The van der Waals surface area contributed by atoms with Crippen LogP contribution in [0.15, 0.2) is 24.3 Å². The zero-order valence-electron chi connectivity index (χ0n) is 12.0. The molecule has 1 aromatic rings. The summed E-state index contributed by atoms with van der Waals surface area (Å²) in [6.07, 6.45) is 1.22. The van der Waals surface area contributed by atoms with Gasteiger partial charge in [-0.25, -0.2) is 0 Å². The van der Waals surface area contributed by atoms with Crippen LogP contribution in [-0.2, 0) is 13.1 Å². The summed E-state index contributed by atoms with van der Waals surface area (Å²) >= 11 is 0. The molecule has 0 fully saturated rings. The highest BCUT2D eigenvalue weighted by Crippen LogP contribution is 2.06. The maximum absolute atomic E-state index is 5.59. The molecule has 0 amide bonds. The molecular weight excluding hydrogens is 222 g/mol. The number of benzene rings is 1. The highest BCUT2D eigenvalue weighted by Gasteiger charge is 2.02. The Labute approximate surface area is 113 Å². The van der Waals surface area contributed by atoms with E-state index < -0.39 is 0 Å². The summed E-state index contributed by atoms with van der Waals surface area (Å²) in [4.78, 5) is 4.75. The van der Waals surface area contributed by atoms with Crippen LogP contribution >= 0.6 is 0 Å². The van der Waals surface area contributed by atoms with Crippen LogP contribution < -0.4 is 5.73 Å². The predicted octanol–water partition coefficient (Wildman–Crippen LogP) is 2.16. The zero-order chi connectivity index (χ0) is 13.4. The van der Waals surface area contributed by atoms with Crippen LogP contribution in [0.3, 0.4) is 0 Å². The van der Waals surface area contributed by atoms with Gasteiger partial charge in [0.15, 0.2) is 0 Å². The van der Waals surface area contributed by atoms with Crippen molar-refractivity contribution in [3.63, 3.8) is 0 Å². The largest absolute Gasteiger partial charge is 0.326 e. The van der Waals surface area contributed by atoms with Crippen molar-refractivity contribution in [2.45, 2.75) is 26.4 Å². The highest BCUT2D eigenvalue weighted by atomic mass is 15.2. The molecule has 0 bridgehead atoms. The Bertz CT molecular complexity index is 327. The van der Waals surface area contributed by atoms with E-state index in [1.165, 1.54) is 24.1 Å². The molecule has 3 heteroatoms. The third-order valence-corrected chi connectivity index (χ3v) is 3.18. The first-order valence-corrected chi connectivity index (χ1v) is 6.80. The molecule has 2 N–H and O–H groups in total. The standard InChI is InChI=1S/C15H27N3.H2/c1-4-9-17(2)10-11-18(3)13-15-7-5-14(12-16)6-8-15;/h5-8H,4,9-13,16H2,1-3H3;1H. The van der Waals surface area contributed by atoms with Gasteiger partial charge in [0.2, 0.25) is 0 Å². The molecule has 0 unspecified atom stereocenters. The molecule has 0 aliphatic carbocycles. The smallest absolute Gasteiger partial charge is 0.0231 e. The van der Waals surface area contributed by atoms with Gasteiger partial charge in [-0.15, -0.1) is 0 Å². The minimum absolute atomic E-state index is 0. The highest BCUT2D eigenvalue weighted by molar-refractivity contribution is 5.22. The second-order valence-electron chi connectivity index (χ2n) is 5.06. The van der Waals surface area contributed by atoms with Gasteiger partial charge in [-0.05, 0) is 38.2 Å². The third-order valence-electron chi connectivity index (χ3n) is 3.18. The van der Waals surface area contributed by atoms with Crippen LogP contribution in [0, 0.1) is 0 Å². The van der Waals surface area contributed by atoms with Crippen molar-refractivity contribution in [2.75, 3.05) is 33.7 Å². The Morgan fingerprint density at radius 1 is 0.944 bits per heavy atom. The second kappa shape index (κ2) is 8.25. The van der Waals surface area contributed by atoms with E-state index in [0.717, 1.165) is 19.6 Å². The number of nitrogens with zero attached hydrogens (tertiary/aromatic N) is 2. The number of rotatable bonds is 8. The van der Waals surface area contributed by atoms with Crippen molar-refractivity contribution in [1.29, 1.82) is 0 Å². The van der Waals surface area contributed by atoms with Gasteiger partial charge in [0, 0.05) is 27.6 Å². The third kappa shape index (κ3) is 5.63. The molecule has 0 aromatic heterocycles. The lowest BCUT2D eigenvalue weighted by molar-refractivity contribution is 0.252. The molecule has 0 atom stereocenters. The van der Waals surface area contributed by atoms with Crippen LogP contribution in [0.25, 0.3) is 0 Å². The fourth-order valence-electron chi connectivity index (χ4n) is 2.01. The summed E-state index contributed by atoms with van der Waals surface area (Å²) in [6, 6.07) is 8.58. The van der Waals surface area contributed by atoms with Crippen molar-refractivity contribution in [3.05, 3.63) is 35.4 Å². The van der Waals surface area contributed by atoms with E-state index in [-0.39, 0.29) is 1.43 Å². The van der Waals surface area contributed by atoms with E-state index in [4.69, 9.17) is 5.73 Å². The lowest BCUT2D eigenvalue weighted by Gasteiger charge is -2.21. The molecule has 0 saturated heterocycles. The first kappa shape index (κ1) is 15.2. The molecule has 0 aliphatic heterocycles. The van der Waals surface area contributed by atoms with Crippen molar-refractivity contribution >= 4 is 0 Å². The Morgan fingerprint density at radius 3 is 2.06 bits per heavy atom. The van der Waals surface area contributed by atoms with Crippen molar-refractivity contribution in [2.24, 2.45) is 5.73 Å². The Morgan fingerprint density at radius 2 is 1.50 bits per heavy atom. The first-order chi connectivity index (χ1) is 8.65. The van der Waals surface area contributed by atoms with E-state index in [2.05, 4.69) is 55.1 Å². The number of hydrogen-bond acceptors (Lipinski definition) is 3. The van der Waals surface area contributed by atoms with Crippen LogP contribution in [0.5, 0.6) is 0 Å². The number of hydrogen-bond donors (Lipinski definition) is 1. The fourth-order valence-corrected chi connectivity index (χ4v) is 2.01. The summed E-state index contributed by atoms with van der Waals surface area (Å²) in [6.45, 7) is 7.27. The summed E-state index contributed by atoms with van der Waals surface area (Å²) in [5.74, 6) is 0. The van der Waals surface area contributed by atoms with Gasteiger partial charge in [0.25, 0.3) is 0 Å². The lowest BCUT2D eigenvalue weighted by Crippen LogP contribution is -2.30. The molecule has 0 spiro atoms. The van der Waals surface area contributed by atoms with Gasteiger partial charge in [0.05, 0.1) is 0 Å². The SMILES string of the molecule is CCCN(C)CCN(C)Cc1ccc(CN)cc1.[HH]. The van der Waals surface area contributed by atoms with E-state index in [1.807, 2.05) is 0 Å². The molecule has 3 nitrogen and oxygen atoms in total. The zero-order valence-corrected chi connectivity index (χ0v) is 12.0. The Kier molecular flexibility index (Phi) is 6.94. The van der Waals surface area contributed by atoms with Gasteiger partial charge in [-0.1, -0.05) is 31.2 Å². The summed E-state index contributed by atoms with van der Waals surface area (Å²) in [5, 5.41) is 0. The van der Waals surface area contributed by atoms with Crippen molar-refractivity contribution < 1.29 is 1.43 Å². The number of likely N-dealkylation sites (N-methyl/N-ethyl adjacent to an activating group) is 2. The van der Waals surface area contributed by atoms with Crippen LogP contribution in [-0.4, -0.2) is 43.5 Å². The van der Waals surface area contributed by atoms with E-state index in [9.17, 15) is 0 Å². The molecular formula is C15H29N3. The summed E-state index contributed by atoms with van der Waals surface area (Å²) < 4.78 is 0. The normalized spacial score (nSPS) is 11.4. The predicted molar refractivity (Wildman–Crippen MR) is 80.6 cm³/mol. The Balaban J connectivity index is 0.00000324. The fraction of sp³-hybridized carbons (Fsp3) is 0.600. The minimum Gasteiger partial charge on any atom is -0.326 e. The van der Waals surface area contributed by atoms with Crippen LogP contribution in [0.4, 0.5) is 0 Å². The van der Waals surface area contributed by atoms with Crippen molar-refractivity contribution in [3.8, 4) is 0 Å². The van der Waals surface area contributed by atoms with Crippen LogP contribution in [0.1, 0.15) is 25.9 Å². The van der Waals surface area contributed by atoms with Gasteiger partial charge in [-0.3, -0.25) is 0 Å². The van der Waals surface area contributed by atoms with E-state index >= 15 is 0 Å². The average Bonchev–Trinajstić information content (AvgIpc) is 2.38. The molecule has 0 heterocycles. The number of nitrogens with two attached hydrogens (primary N) is 1. The second-order valence-corrected chi connectivity index (χ2v) is 5.06. The van der Waals surface area contributed by atoms with E-state index in [0.29, 0.717) is 6.54 Å². The monoisotopic (exact) mass is 251 g/mol. The van der Waals surface area contributed by atoms with Crippen LogP contribution in [0.2, 0.25) is 0 Å². The average molecular weight is 251 g/mol. The molecule has 0 aliphatic rings. The van der Waals surface area contributed by atoms with Gasteiger partial charge in [0.1, 0.15) is 0 Å². The quantitative estimate of drug-likeness (QED) is 0.768. The molecule has 0 saturated carbocycles. The van der Waals surface area contributed by atoms with Gasteiger partial charge >= 0.3 is 0 Å². The van der Waals surface area contributed by atoms with Crippen molar-refractivity contribution in [1.82, 2.24) is 9.80 Å². The van der Waals surface area contributed by atoms with Gasteiger partial charge < -0.3 is 15.5 Å². The molecule has 1 rings (SSSR count). The molecule has 1 aromatic carbocycles. The van der Waals surface area contributed by atoms with Gasteiger partial charge in [-0.2, -0.15) is 0 Å². The molecule has 104 valence electrons. The Hall–Kier alpha value is -0.900. The van der Waals surface area contributed by atoms with E-state index in [1.54, 1.807) is 0 Å². The molecule has 18 heavy (non-hydrogen) atoms. The summed E-state index contributed by atoms with van der Waals surface area (Å²) in [7, 11) is 4.37. The molecule has 0 radical (unpaired) electrons.